The number of carbonyl (C=O) groups excluding carboxylic acids is 1. The van der Waals surface area contributed by atoms with Crippen molar-refractivity contribution in [3.05, 3.63) is 46.7 Å². The average molecular weight is 345 g/mol. The topological polar surface area (TPSA) is 58.1 Å². The molecule has 0 unspecified atom stereocenters. The Kier molecular flexibility index (Phi) is 5.30. The van der Waals surface area contributed by atoms with Gasteiger partial charge in [-0.15, -0.1) is 0 Å². The normalized spacial score (nSPS) is 15.0. The number of benzene rings is 1. The highest BCUT2D eigenvalue weighted by atomic mass is 35.5. The van der Waals surface area contributed by atoms with Crippen LogP contribution in [-0.2, 0) is 0 Å². The highest BCUT2D eigenvalue weighted by molar-refractivity contribution is 6.30. The lowest BCUT2D eigenvalue weighted by Gasteiger charge is -2.20. The molecule has 0 atom stereocenters. The summed E-state index contributed by atoms with van der Waals surface area (Å²) >= 11 is 5.96. The summed E-state index contributed by atoms with van der Waals surface area (Å²) in [5, 5.41) is 3.84. The molecule has 2 aromatic rings. The van der Waals surface area contributed by atoms with Crippen molar-refractivity contribution in [3.63, 3.8) is 0 Å². The second kappa shape index (κ2) is 7.62. The standard InChI is InChI=1S/C18H21ClN4O/c1-13-10-15(19)6-7-16(13)22-18-20-11-14(12-21-18)17(24)23-8-4-2-3-5-9-23/h6-7,10-12H,2-5,8-9H2,1H3,(H,20,21,22). The summed E-state index contributed by atoms with van der Waals surface area (Å²) in [5.74, 6) is 0.485. The van der Waals surface area contributed by atoms with Gasteiger partial charge in [-0.1, -0.05) is 24.4 Å². The van der Waals surface area contributed by atoms with Crippen molar-refractivity contribution >= 4 is 29.1 Å². The van der Waals surface area contributed by atoms with E-state index in [9.17, 15) is 4.79 Å². The second-order valence-corrected chi connectivity index (χ2v) is 6.52. The lowest BCUT2D eigenvalue weighted by molar-refractivity contribution is 0.0761. The predicted molar refractivity (Wildman–Crippen MR) is 95.9 cm³/mol. The van der Waals surface area contributed by atoms with Gasteiger partial charge >= 0.3 is 0 Å². The van der Waals surface area contributed by atoms with Crippen molar-refractivity contribution in [2.45, 2.75) is 32.6 Å². The molecule has 6 heteroatoms. The molecular formula is C18H21ClN4O. The zero-order valence-corrected chi connectivity index (χ0v) is 14.5. The molecule has 1 aromatic heterocycles. The summed E-state index contributed by atoms with van der Waals surface area (Å²) in [5.41, 5.74) is 2.44. The summed E-state index contributed by atoms with van der Waals surface area (Å²) in [6, 6.07) is 5.58. The van der Waals surface area contributed by atoms with Crippen molar-refractivity contribution in [1.29, 1.82) is 0 Å². The number of nitrogens with one attached hydrogen (secondary N) is 1. The third-order valence-electron chi connectivity index (χ3n) is 4.23. The van der Waals surface area contributed by atoms with Crippen molar-refractivity contribution in [2.24, 2.45) is 0 Å². The fourth-order valence-electron chi connectivity index (χ4n) is 2.85. The molecule has 1 aliphatic heterocycles. The predicted octanol–water partition coefficient (Wildman–Crippen LogP) is 4.20. The minimum atomic E-state index is 0.0196. The number of hydrogen-bond donors (Lipinski definition) is 1. The summed E-state index contributed by atoms with van der Waals surface area (Å²) in [6.07, 6.45) is 7.72. The maximum absolute atomic E-state index is 12.5. The maximum Gasteiger partial charge on any atom is 0.256 e. The van der Waals surface area contributed by atoms with Gasteiger partial charge in [0, 0.05) is 36.2 Å². The first-order valence-electron chi connectivity index (χ1n) is 8.28. The van der Waals surface area contributed by atoms with Crippen LogP contribution in [0.5, 0.6) is 0 Å². The molecule has 2 heterocycles. The van der Waals surface area contributed by atoms with Crippen LogP contribution in [0.2, 0.25) is 5.02 Å². The van der Waals surface area contributed by atoms with E-state index in [4.69, 9.17) is 11.6 Å². The summed E-state index contributed by atoms with van der Waals surface area (Å²) in [4.78, 5) is 23.0. The highest BCUT2D eigenvalue weighted by Gasteiger charge is 2.18. The fraction of sp³-hybridized carbons (Fsp3) is 0.389. The zero-order valence-electron chi connectivity index (χ0n) is 13.8. The molecule has 24 heavy (non-hydrogen) atoms. The molecule has 1 saturated heterocycles. The van der Waals surface area contributed by atoms with Gasteiger partial charge < -0.3 is 10.2 Å². The number of likely N-dealkylation sites (tertiary alicyclic amines) is 1. The molecule has 0 bridgehead atoms. The van der Waals surface area contributed by atoms with Crippen LogP contribution in [0.15, 0.2) is 30.6 Å². The van der Waals surface area contributed by atoms with E-state index in [1.54, 1.807) is 12.4 Å². The molecule has 0 spiro atoms. The van der Waals surface area contributed by atoms with Crippen LogP contribution in [0.4, 0.5) is 11.6 Å². The molecule has 126 valence electrons. The van der Waals surface area contributed by atoms with Crippen molar-refractivity contribution in [3.8, 4) is 0 Å². The van der Waals surface area contributed by atoms with E-state index in [1.807, 2.05) is 30.0 Å². The average Bonchev–Trinajstić information content (AvgIpc) is 2.87. The molecule has 3 rings (SSSR count). The molecule has 0 saturated carbocycles. The van der Waals surface area contributed by atoms with E-state index >= 15 is 0 Å². The van der Waals surface area contributed by atoms with Gasteiger partial charge in [-0.25, -0.2) is 9.97 Å². The Morgan fingerprint density at radius 3 is 2.42 bits per heavy atom. The zero-order chi connectivity index (χ0) is 16.9. The van der Waals surface area contributed by atoms with Gasteiger partial charge in [0.15, 0.2) is 0 Å². The lowest BCUT2D eigenvalue weighted by Crippen LogP contribution is -2.32. The second-order valence-electron chi connectivity index (χ2n) is 6.09. The van der Waals surface area contributed by atoms with Crippen LogP contribution >= 0.6 is 11.6 Å². The van der Waals surface area contributed by atoms with Crippen molar-refractivity contribution in [1.82, 2.24) is 14.9 Å². The number of rotatable bonds is 3. The van der Waals surface area contributed by atoms with Crippen LogP contribution in [0.1, 0.15) is 41.6 Å². The van der Waals surface area contributed by atoms with Gasteiger partial charge in [0.1, 0.15) is 0 Å². The van der Waals surface area contributed by atoms with Gasteiger partial charge in [0.25, 0.3) is 5.91 Å². The Labute approximate surface area is 147 Å². The van der Waals surface area contributed by atoms with Gasteiger partial charge in [-0.3, -0.25) is 4.79 Å². The third-order valence-corrected chi connectivity index (χ3v) is 4.46. The number of aromatic nitrogens is 2. The van der Waals surface area contributed by atoms with Crippen LogP contribution in [0, 0.1) is 6.92 Å². The Morgan fingerprint density at radius 1 is 1.12 bits per heavy atom. The summed E-state index contributed by atoms with van der Waals surface area (Å²) in [6.45, 7) is 3.61. The highest BCUT2D eigenvalue weighted by Crippen LogP contribution is 2.22. The molecule has 1 fully saturated rings. The third kappa shape index (κ3) is 4.03. The Bertz CT molecular complexity index is 709. The molecule has 5 nitrogen and oxygen atoms in total. The van der Waals surface area contributed by atoms with E-state index in [1.165, 1.54) is 12.8 Å². The fourth-order valence-corrected chi connectivity index (χ4v) is 3.07. The van der Waals surface area contributed by atoms with E-state index < -0.39 is 0 Å². The van der Waals surface area contributed by atoms with Crippen molar-refractivity contribution < 1.29 is 4.79 Å². The monoisotopic (exact) mass is 344 g/mol. The first-order valence-corrected chi connectivity index (χ1v) is 8.66. The van der Waals surface area contributed by atoms with Crippen molar-refractivity contribution in [2.75, 3.05) is 18.4 Å². The van der Waals surface area contributed by atoms with E-state index in [-0.39, 0.29) is 5.91 Å². The number of hydrogen-bond acceptors (Lipinski definition) is 4. The number of amides is 1. The van der Waals surface area contributed by atoms with E-state index in [0.717, 1.165) is 37.2 Å². The van der Waals surface area contributed by atoms with Gasteiger partial charge in [0.05, 0.1) is 5.56 Å². The number of aryl methyl sites for hydroxylation is 1. The Hall–Kier alpha value is -2.14. The first-order chi connectivity index (χ1) is 11.6. The number of anilines is 2. The molecule has 0 radical (unpaired) electrons. The molecule has 1 N–H and O–H groups in total. The van der Waals surface area contributed by atoms with Gasteiger partial charge in [0.2, 0.25) is 5.95 Å². The van der Waals surface area contributed by atoms with Crippen LogP contribution in [0.25, 0.3) is 0 Å². The minimum absolute atomic E-state index is 0.0196. The minimum Gasteiger partial charge on any atom is -0.339 e. The van der Waals surface area contributed by atoms with E-state index in [0.29, 0.717) is 16.5 Å². The smallest absolute Gasteiger partial charge is 0.256 e. The maximum atomic E-state index is 12.5. The summed E-state index contributed by atoms with van der Waals surface area (Å²) in [7, 11) is 0. The molecule has 1 aliphatic rings. The molecule has 1 aromatic carbocycles. The number of halogens is 1. The number of nitrogens with zero attached hydrogens (tertiary/aromatic N) is 3. The lowest BCUT2D eigenvalue weighted by atomic mass is 10.2. The Morgan fingerprint density at radius 2 is 1.79 bits per heavy atom. The molecule has 1 amide bonds. The van der Waals surface area contributed by atoms with Crippen LogP contribution < -0.4 is 5.32 Å². The van der Waals surface area contributed by atoms with Gasteiger partial charge in [-0.05, 0) is 43.5 Å². The SMILES string of the molecule is Cc1cc(Cl)ccc1Nc1ncc(C(=O)N2CCCCCC2)cn1. The van der Waals surface area contributed by atoms with Crippen LogP contribution in [-0.4, -0.2) is 33.9 Å². The Balaban J connectivity index is 1.69. The largest absolute Gasteiger partial charge is 0.339 e. The van der Waals surface area contributed by atoms with Gasteiger partial charge in [-0.2, -0.15) is 0 Å². The molecule has 0 aliphatic carbocycles. The quantitative estimate of drug-likeness (QED) is 0.906. The number of carbonyl (C=O) groups is 1. The van der Waals surface area contributed by atoms with Crippen LogP contribution in [0.3, 0.4) is 0 Å². The molecular weight excluding hydrogens is 324 g/mol. The first kappa shape index (κ1) is 16.7. The summed E-state index contributed by atoms with van der Waals surface area (Å²) < 4.78 is 0. The van der Waals surface area contributed by atoms with E-state index in [2.05, 4.69) is 15.3 Å².